The van der Waals surface area contributed by atoms with Crippen molar-refractivity contribution in [3.63, 3.8) is 0 Å². The van der Waals surface area contributed by atoms with E-state index in [-0.39, 0.29) is 0 Å². The van der Waals surface area contributed by atoms with E-state index in [9.17, 15) is 0 Å². The minimum absolute atomic E-state index is 0.481. The number of aromatic nitrogens is 4. The molecule has 0 aliphatic rings. The van der Waals surface area contributed by atoms with E-state index in [0.717, 1.165) is 15.8 Å². The van der Waals surface area contributed by atoms with Gasteiger partial charge in [0.1, 0.15) is 5.75 Å². The van der Waals surface area contributed by atoms with Crippen LogP contribution in [-0.4, -0.2) is 27.2 Å². The van der Waals surface area contributed by atoms with Crippen molar-refractivity contribution < 1.29 is 4.74 Å². The van der Waals surface area contributed by atoms with E-state index in [0.29, 0.717) is 19.1 Å². The maximum atomic E-state index is 5.44. The molecule has 0 aliphatic heterocycles. The number of halogens is 1. The summed E-state index contributed by atoms with van der Waals surface area (Å²) in [5.41, 5.74) is 1.10. The van der Waals surface area contributed by atoms with Crippen molar-refractivity contribution in [2.45, 2.75) is 13.5 Å². The summed E-state index contributed by atoms with van der Waals surface area (Å²) in [6, 6.07) is 5.92. The van der Waals surface area contributed by atoms with Gasteiger partial charge >= 0.3 is 0 Å². The standard InChI is InChI=1S/C10H12BrN5O/c1-2-17-9-4-3-7(5-8(9)11)6-12-10-13-15-16-14-10/h3-5H,2,6H2,1H3,(H2,12,13,14,15,16). The molecule has 17 heavy (non-hydrogen) atoms. The molecule has 0 spiro atoms. The van der Waals surface area contributed by atoms with Gasteiger partial charge in [-0.1, -0.05) is 11.2 Å². The van der Waals surface area contributed by atoms with Gasteiger partial charge in [-0.15, -0.1) is 5.10 Å². The third kappa shape index (κ3) is 3.16. The predicted octanol–water partition coefficient (Wildman–Crippen LogP) is 1.97. The van der Waals surface area contributed by atoms with Crippen molar-refractivity contribution in [1.29, 1.82) is 0 Å². The highest BCUT2D eigenvalue weighted by Gasteiger charge is 2.03. The lowest BCUT2D eigenvalue weighted by molar-refractivity contribution is 0.338. The zero-order valence-electron chi connectivity index (χ0n) is 9.27. The number of hydrogen-bond donors (Lipinski definition) is 2. The van der Waals surface area contributed by atoms with Crippen molar-refractivity contribution in [3.8, 4) is 5.75 Å². The summed E-state index contributed by atoms with van der Waals surface area (Å²) < 4.78 is 6.37. The summed E-state index contributed by atoms with van der Waals surface area (Å²) in [4.78, 5) is 0. The average Bonchev–Trinajstić information content (AvgIpc) is 2.83. The highest BCUT2D eigenvalue weighted by Crippen LogP contribution is 2.26. The molecule has 0 saturated heterocycles. The first-order chi connectivity index (χ1) is 8.29. The number of aromatic amines is 1. The Kier molecular flexibility index (Phi) is 3.92. The molecule has 0 amide bonds. The number of hydrogen-bond acceptors (Lipinski definition) is 5. The van der Waals surface area contributed by atoms with Crippen molar-refractivity contribution in [3.05, 3.63) is 28.2 Å². The van der Waals surface area contributed by atoms with E-state index in [1.807, 2.05) is 25.1 Å². The number of rotatable bonds is 5. The summed E-state index contributed by atoms with van der Waals surface area (Å²) in [7, 11) is 0. The molecule has 0 saturated carbocycles. The lowest BCUT2D eigenvalue weighted by Gasteiger charge is -2.08. The number of benzene rings is 1. The Morgan fingerprint density at radius 3 is 3.00 bits per heavy atom. The molecule has 2 N–H and O–H groups in total. The molecule has 0 fully saturated rings. The maximum Gasteiger partial charge on any atom is 0.263 e. The van der Waals surface area contributed by atoms with Crippen LogP contribution in [0.5, 0.6) is 5.75 Å². The molecule has 1 heterocycles. The molecule has 2 aromatic rings. The minimum Gasteiger partial charge on any atom is -0.493 e. The van der Waals surface area contributed by atoms with Crippen LogP contribution in [0, 0.1) is 0 Å². The molecule has 0 radical (unpaired) electrons. The third-order valence-corrected chi connectivity index (χ3v) is 2.71. The molecule has 7 heteroatoms. The molecule has 2 rings (SSSR count). The van der Waals surface area contributed by atoms with Crippen molar-refractivity contribution in [2.75, 3.05) is 11.9 Å². The molecular formula is C10H12BrN5O. The van der Waals surface area contributed by atoms with Crippen molar-refractivity contribution in [1.82, 2.24) is 20.6 Å². The molecule has 6 nitrogen and oxygen atoms in total. The summed E-state index contributed by atoms with van der Waals surface area (Å²) in [6.45, 7) is 3.24. The van der Waals surface area contributed by atoms with Gasteiger partial charge in [0.2, 0.25) is 0 Å². The van der Waals surface area contributed by atoms with Crippen LogP contribution in [0.1, 0.15) is 12.5 Å². The number of H-pyrrole nitrogens is 1. The van der Waals surface area contributed by atoms with Gasteiger partial charge in [0.15, 0.2) is 0 Å². The highest BCUT2D eigenvalue weighted by atomic mass is 79.9. The summed E-state index contributed by atoms with van der Waals surface area (Å²) in [5, 5.41) is 16.5. The lowest BCUT2D eigenvalue weighted by Crippen LogP contribution is -2.01. The number of nitrogens with zero attached hydrogens (tertiary/aromatic N) is 3. The van der Waals surface area contributed by atoms with Gasteiger partial charge in [0.25, 0.3) is 5.95 Å². The van der Waals surface area contributed by atoms with Gasteiger partial charge in [0, 0.05) is 6.54 Å². The maximum absolute atomic E-state index is 5.44. The van der Waals surface area contributed by atoms with E-state index in [2.05, 4.69) is 41.9 Å². The third-order valence-electron chi connectivity index (χ3n) is 2.09. The van der Waals surface area contributed by atoms with Gasteiger partial charge in [-0.05, 0) is 45.8 Å². The van der Waals surface area contributed by atoms with Crippen LogP contribution in [0.3, 0.4) is 0 Å². The van der Waals surface area contributed by atoms with E-state index in [4.69, 9.17) is 4.74 Å². The Labute approximate surface area is 107 Å². The fraction of sp³-hybridized carbons (Fsp3) is 0.300. The monoisotopic (exact) mass is 297 g/mol. The van der Waals surface area contributed by atoms with Crippen LogP contribution < -0.4 is 10.1 Å². The normalized spacial score (nSPS) is 10.2. The van der Waals surface area contributed by atoms with Crippen molar-refractivity contribution in [2.24, 2.45) is 0 Å². The smallest absolute Gasteiger partial charge is 0.263 e. The topological polar surface area (TPSA) is 75.7 Å². The Balaban J connectivity index is 2.00. The Morgan fingerprint density at radius 1 is 1.47 bits per heavy atom. The van der Waals surface area contributed by atoms with Crippen LogP contribution >= 0.6 is 15.9 Å². The number of tetrazole rings is 1. The Hall–Kier alpha value is -1.63. The first kappa shape index (κ1) is 11.8. The predicted molar refractivity (Wildman–Crippen MR) is 66.8 cm³/mol. The van der Waals surface area contributed by atoms with E-state index in [1.165, 1.54) is 0 Å². The quantitative estimate of drug-likeness (QED) is 0.882. The molecule has 0 aliphatic carbocycles. The number of ether oxygens (including phenoxy) is 1. The average molecular weight is 298 g/mol. The van der Waals surface area contributed by atoms with E-state index < -0.39 is 0 Å². The Morgan fingerprint density at radius 2 is 2.35 bits per heavy atom. The van der Waals surface area contributed by atoms with Crippen LogP contribution in [0.4, 0.5) is 5.95 Å². The van der Waals surface area contributed by atoms with Gasteiger partial charge in [-0.25, -0.2) is 0 Å². The first-order valence-corrected chi connectivity index (χ1v) is 5.97. The molecular weight excluding hydrogens is 286 g/mol. The summed E-state index contributed by atoms with van der Waals surface area (Å²) in [6.07, 6.45) is 0. The SMILES string of the molecule is CCOc1ccc(CNc2nn[nH]n2)cc1Br. The van der Waals surface area contributed by atoms with Gasteiger partial charge in [-0.3, -0.25) is 0 Å². The van der Waals surface area contributed by atoms with Gasteiger partial charge < -0.3 is 10.1 Å². The Bertz CT molecular complexity index is 474. The highest BCUT2D eigenvalue weighted by molar-refractivity contribution is 9.10. The molecule has 1 aromatic heterocycles. The first-order valence-electron chi connectivity index (χ1n) is 5.18. The zero-order valence-corrected chi connectivity index (χ0v) is 10.9. The summed E-state index contributed by atoms with van der Waals surface area (Å²) in [5.74, 6) is 1.32. The molecule has 1 aromatic carbocycles. The largest absolute Gasteiger partial charge is 0.493 e. The second kappa shape index (κ2) is 5.62. The molecule has 90 valence electrons. The van der Waals surface area contributed by atoms with Crippen LogP contribution in [-0.2, 0) is 6.54 Å². The van der Waals surface area contributed by atoms with Gasteiger partial charge in [-0.2, -0.15) is 5.21 Å². The minimum atomic E-state index is 0.481. The molecule has 0 unspecified atom stereocenters. The number of anilines is 1. The number of nitrogens with one attached hydrogen (secondary N) is 2. The van der Waals surface area contributed by atoms with Crippen LogP contribution in [0.25, 0.3) is 0 Å². The summed E-state index contributed by atoms with van der Waals surface area (Å²) >= 11 is 3.46. The van der Waals surface area contributed by atoms with E-state index >= 15 is 0 Å². The zero-order chi connectivity index (χ0) is 12.1. The lowest BCUT2D eigenvalue weighted by atomic mass is 10.2. The molecule has 0 bridgehead atoms. The second-order valence-electron chi connectivity index (χ2n) is 3.29. The second-order valence-corrected chi connectivity index (χ2v) is 4.14. The fourth-order valence-electron chi connectivity index (χ4n) is 1.34. The molecule has 0 atom stereocenters. The van der Waals surface area contributed by atoms with Gasteiger partial charge in [0.05, 0.1) is 11.1 Å². The van der Waals surface area contributed by atoms with Crippen molar-refractivity contribution >= 4 is 21.9 Å². The van der Waals surface area contributed by atoms with Crippen LogP contribution in [0.15, 0.2) is 22.7 Å². The van der Waals surface area contributed by atoms with E-state index in [1.54, 1.807) is 0 Å². The van der Waals surface area contributed by atoms with Crippen LogP contribution in [0.2, 0.25) is 0 Å². The fourth-order valence-corrected chi connectivity index (χ4v) is 1.89.